The van der Waals surface area contributed by atoms with Crippen LogP contribution >= 0.6 is 15.9 Å². The largest absolute Gasteiger partial charge is 0.496 e. The molecule has 1 aromatic carbocycles. The normalized spacial score (nSPS) is 10.6. The molecule has 0 spiro atoms. The fourth-order valence-corrected chi connectivity index (χ4v) is 2.74. The van der Waals surface area contributed by atoms with Gasteiger partial charge in [-0.05, 0) is 51.8 Å². The first-order chi connectivity index (χ1) is 10.2. The van der Waals surface area contributed by atoms with E-state index in [1.165, 1.54) is 0 Å². The van der Waals surface area contributed by atoms with Crippen molar-refractivity contribution >= 4 is 21.7 Å². The van der Waals surface area contributed by atoms with Gasteiger partial charge in [0.05, 0.1) is 22.8 Å². The molecule has 6 heteroatoms. The van der Waals surface area contributed by atoms with E-state index < -0.39 is 0 Å². The highest BCUT2D eigenvalue weighted by molar-refractivity contribution is 9.10. The van der Waals surface area contributed by atoms with E-state index in [4.69, 9.17) is 10.5 Å². The van der Waals surface area contributed by atoms with Crippen LogP contribution in [0.25, 0.3) is 22.4 Å². The van der Waals surface area contributed by atoms with E-state index in [0.717, 1.165) is 32.6 Å². The number of aromatic nitrogens is 3. The Morgan fingerprint density at radius 3 is 2.57 bits per heavy atom. The van der Waals surface area contributed by atoms with E-state index in [9.17, 15) is 0 Å². The molecule has 0 fully saturated rings. The Labute approximate surface area is 130 Å². The van der Waals surface area contributed by atoms with Crippen molar-refractivity contribution in [2.24, 2.45) is 0 Å². The van der Waals surface area contributed by atoms with Crippen molar-refractivity contribution in [3.63, 3.8) is 0 Å². The van der Waals surface area contributed by atoms with Crippen molar-refractivity contribution in [1.82, 2.24) is 15.2 Å². The van der Waals surface area contributed by atoms with Gasteiger partial charge >= 0.3 is 0 Å². The molecule has 2 heterocycles. The highest BCUT2D eigenvalue weighted by Crippen LogP contribution is 2.37. The van der Waals surface area contributed by atoms with E-state index in [1.807, 2.05) is 30.3 Å². The number of nitrogen functional groups attached to an aromatic ring is 1. The Kier molecular flexibility index (Phi) is 3.62. The third-order valence-electron chi connectivity index (χ3n) is 3.20. The number of ether oxygens (including phenoxy) is 1. The molecule has 2 aromatic heterocycles. The number of hydrogen-bond acceptors (Lipinski definition) is 4. The summed E-state index contributed by atoms with van der Waals surface area (Å²) in [7, 11) is 1.64. The van der Waals surface area contributed by atoms with Crippen LogP contribution < -0.4 is 10.5 Å². The van der Waals surface area contributed by atoms with E-state index in [-0.39, 0.29) is 0 Å². The van der Waals surface area contributed by atoms with Gasteiger partial charge in [0.2, 0.25) is 0 Å². The van der Waals surface area contributed by atoms with Crippen LogP contribution in [0.5, 0.6) is 5.75 Å². The van der Waals surface area contributed by atoms with Gasteiger partial charge < -0.3 is 10.5 Å². The van der Waals surface area contributed by atoms with E-state index in [0.29, 0.717) is 5.82 Å². The Balaban J connectivity index is 2.14. The van der Waals surface area contributed by atoms with Gasteiger partial charge in [-0.3, -0.25) is 10.1 Å². The number of nitrogens with one attached hydrogen (secondary N) is 1. The lowest BCUT2D eigenvalue weighted by Crippen LogP contribution is -1.90. The highest BCUT2D eigenvalue weighted by Gasteiger charge is 2.15. The molecule has 0 saturated carbocycles. The Hall–Kier alpha value is -2.34. The minimum Gasteiger partial charge on any atom is -0.496 e. The minimum atomic E-state index is 0.461. The smallest absolute Gasteiger partial charge is 0.153 e. The van der Waals surface area contributed by atoms with Crippen LogP contribution in [-0.2, 0) is 0 Å². The number of H-pyrrole nitrogens is 1. The van der Waals surface area contributed by atoms with Crippen LogP contribution in [-0.4, -0.2) is 22.3 Å². The standard InChI is InChI=1S/C15H13BrN4O/c1-21-12-3-2-10(8-11(12)16)14-13(15(17)20-19-14)9-4-6-18-7-5-9/h2-8H,1H3,(H3,17,19,20). The summed E-state index contributed by atoms with van der Waals surface area (Å²) in [5.41, 5.74) is 9.68. The molecule has 0 radical (unpaired) electrons. The molecule has 5 nitrogen and oxygen atoms in total. The summed E-state index contributed by atoms with van der Waals surface area (Å²) in [6, 6.07) is 9.64. The van der Waals surface area contributed by atoms with Crippen LogP contribution in [0.2, 0.25) is 0 Å². The number of anilines is 1. The summed E-state index contributed by atoms with van der Waals surface area (Å²) >= 11 is 3.49. The van der Waals surface area contributed by atoms with Crippen LogP contribution in [0.4, 0.5) is 5.82 Å². The molecule has 0 aliphatic carbocycles. The minimum absolute atomic E-state index is 0.461. The molecule has 3 N–H and O–H groups in total. The molecular weight excluding hydrogens is 332 g/mol. The predicted molar refractivity (Wildman–Crippen MR) is 85.9 cm³/mol. The molecule has 0 unspecified atom stereocenters. The second-order valence-electron chi connectivity index (χ2n) is 4.44. The van der Waals surface area contributed by atoms with Gasteiger partial charge in [-0.15, -0.1) is 0 Å². The molecule has 0 bridgehead atoms. The number of benzene rings is 1. The van der Waals surface area contributed by atoms with E-state index in [1.54, 1.807) is 19.5 Å². The average molecular weight is 345 g/mol. The zero-order chi connectivity index (χ0) is 14.8. The van der Waals surface area contributed by atoms with Crippen LogP contribution in [0, 0.1) is 0 Å². The van der Waals surface area contributed by atoms with Crippen molar-refractivity contribution in [1.29, 1.82) is 0 Å². The van der Waals surface area contributed by atoms with Gasteiger partial charge in [-0.1, -0.05) is 0 Å². The van der Waals surface area contributed by atoms with Crippen molar-refractivity contribution < 1.29 is 4.74 Å². The summed E-state index contributed by atoms with van der Waals surface area (Å²) < 4.78 is 6.12. The van der Waals surface area contributed by atoms with E-state index >= 15 is 0 Å². The number of halogens is 1. The summed E-state index contributed by atoms with van der Waals surface area (Å²) in [5, 5.41) is 7.12. The SMILES string of the molecule is COc1ccc(-c2[nH]nc(N)c2-c2ccncc2)cc1Br. The average Bonchev–Trinajstić information content (AvgIpc) is 2.90. The van der Waals surface area contributed by atoms with Crippen LogP contribution in [0.1, 0.15) is 0 Å². The van der Waals surface area contributed by atoms with Crippen LogP contribution in [0.15, 0.2) is 47.2 Å². The molecule has 106 valence electrons. The maximum absolute atomic E-state index is 6.01. The molecule has 3 aromatic rings. The number of pyridine rings is 1. The first-order valence-corrected chi connectivity index (χ1v) is 7.08. The summed E-state index contributed by atoms with van der Waals surface area (Å²) in [6.45, 7) is 0. The van der Waals surface area contributed by atoms with Crippen molar-refractivity contribution in [2.75, 3.05) is 12.8 Å². The molecule has 0 saturated heterocycles. The Bertz CT molecular complexity index is 771. The first kappa shape index (κ1) is 13.6. The van der Waals surface area contributed by atoms with Gasteiger partial charge in [0.1, 0.15) is 5.75 Å². The molecule has 0 aliphatic rings. The molecule has 0 aliphatic heterocycles. The zero-order valence-electron chi connectivity index (χ0n) is 11.3. The second-order valence-corrected chi connectivity index (χ2v) is 5.30. The lowest BCUT2D eigenvalue weighted by Gasteiger charge is -2.07. The number of nitrogens with zero attached hydrogens (tertiary/aromatic N) is 2. The van der Waals surface area contributed by atoms with Gasteiger partial charge in [-0.25, -0.2) is 0 Å². The Morgan fingerprint density at radius 2 is 1.90 bits per heavy atom. The number of aromatic amines is 1. The lowest BCUT2D eigenvalue weighted by atomic mass is 10.0. The maximum Gasteiger partial charge on any atom is 0.153 e. The summed E-state index contributed by atoms with van der Waals surface area (Å²) in [5.74, 6) is 1.24. The van der Waals surface area contributed by atoms with Gasteiger partial charge in [0.15, 0.2) is 5.82 Å². The molecule has 3 rings (SSSR count). The van der Waals surface area contributed by atoms with Gasteiger partial charge in [-0.2, -0.15) is 5.10 Å². The summed E-state index contributed by atoms with van der Waals surface area (Å²) in [4.78, 5) is 4.03. The fourth-order valence-electron chi connectivity index (χ4n) is 2.20. The van der Waals surface area contributed by atoms with Crippen molar-refractivity contribution in [2.45, 2.75) is 0 Å². The fraction of sp³-hybridized carbons (Fsp3) is 0.0667. The molecular formula is C15H13BrN4O. The predicted octanol–water partition coefficient (Wildman–Crippen LogP) is 3.49. The third kappa shape index (κ3) is 2.50. The maximum atomic E-state index is 6.01. The molecule has 21 heavy (non-hydrogen) atoms. The Morgan fingerprint density at radius 1 is 1.14 bits per heavy atom. The number of nitrogens with two attached hydrogens (primary N) is 1. The topological polar surface area (TPSA) is 76.8 Å². The lowest BCUT2D eigenvalue weighted by molar-refractivity contribution is 0.412. The monoisotopic (exact) mass is 344 g/mol. The number of rotatable bonds is 3. The molecule has 0 amide bonds. The first-order valence-electron chi connectivity index (χ1n) is 6.29. The van der Waals surface area contributed by atoms with Crippen molar-refractivity contribution in [3.8, 4) is 28.1 Å². The van der Waals surface area contributed by atoms with Crippen LogP contribution in [0.3, 0.4) is 0 Å². The quantitative estimate of drug-likeness (QED) is 0.762. The van der Waals surface area contributed by atoms with E-state index in [2.05, 4.69) is 31.1 Å². The summed E-state index contributed by atoms with van der Waals surface area (Å²) in [6.07, 6.45) is 3.46. The zero-order valence-corrected chi connectivity index (χ0v) is 12.9. The van der Waals surface area contributed by atoms with Crippen molar-refractivity contribution in [3.05, 3.63) is 47.2 Å². The number of methoxy groups -OCH3 is 1. The number of hydrogen-bond donors (Lipinski definition) is 2. The van der Waals surface area contributed by atoms with Gasteiger partial charge in [0.25, 0.3) is 0 Å². The highest BCUT2D eigenvalue weighted by atomic mass is 79.9. The molecule has 0 atom stereocenters. The second kappa shape index (κ2) is 5.57. The van der Waals surface area contributed by atoms with Gasteiger partial charge in [0, 0.05) is 18.0 Å². The third-order valence-corrected chi connectivity index (χ3v) is 3.82.